The number of sulfonamides is 1. The van der Waals surface area contributed by atoms with Gasteiger partial charge >= 0.3 is 0 Å². The largest absolute Gasteiger partial charge is 0.492 e. The van der Waals surface area contributed by atoms with Gasteiger partial charge in [-0.25, -0.2) is 13.1 Å². The third-order valence-corrected chi connectivity index (χ3v) is 5.38. The third kappa shape index (κ3) is 4.84. The minimum Gasteiger partial charge on any atom is -0.492 e. The predicted octanol–water partition coefficient (Wildman–Crippen LogP) is 2.85. The molecule has 0 fully saturated rings. The van der Waals surface area contributed by atoms with E-state index in [0.717, 1.165) is 0 Å². The van der Waals surface area contributed by atoms with Crippen molar-refractivity contribution in [2.24, 2.45) is 0 Å². The van der Waals surface area contributed by atoms with Gasteiger partial charge in [0.1, 0.15) is 10.6 Å². The molecule has 0 radical (unpaired) electrons. The lowest BCUT2D eigenvalue weighted by Gasteiger charge is -2.13. The lowest BCUT2D eigenvalue weighted by Crippen LogP contribution is -2.24. The van der Waals surface area contributed by atoms with E-state index in [0.29, 0.717) is 5.56 Å². The van der Waals surface area contributed by atoms with Crippen LogP contribution < -0.4 is 14.8 Å². The van der Waals surface area contributed by atoms with Crippen LogP contribution in [-0.2, 0) is 10.0 Å². The molecule has 0 saturated heterocycles. The normalized spacial score (nSPS) is 11.1. The van der Waals surface area contributed by atoms with E-state index < -0.39 is 20.9 Å². The Morgan fingerprint density at radius 1 is 1.18 bits per heavy atom. The minimum atomic E-state index is -3.86. The van der Waals surface area contributed by atoms with Crippen LogP contribution in [0.1, 0.15) is 29.8 Å². The second kappa shape index (κ2) is 8.81. The zero-order chi connectivity index (χ0) is 20.9. The third-order valence-electron chi connectivity index (χ3n) is 3.81. The number of carbonyl (C=O) groups is 1. The molecule has 2 aromatic rings. The maximum absolute atomic E-state index is 12.6. The van der Waals surface area contributed by atoms with E-state index in [-0.39, 0.29) is 40.7 Å². The molecule has 2 rings (SSSR count). The Labute approximate surface area is 162 Å². The number of nitro benzene ring substituents is 1. The van der Waals surface area contributed by atoms with Crippen molar-refractivity contribution < 1.29 is 22.9 Å². The Morgan fingerprint density at radius 2 is 1.89 bits per heavy atom. The highest BCUT2D eigenvalue weighted by atomic mass is 32.2. The summed E-state index contributed by atoms with van der Waals surface area (Å²) in [5.74, 6) is -0.467. The second-order valence-electron chi connectivity index (χ2n) is 5.81. The van der Waals surface area contributed by atoms with Gasteiger partial charge in [0.15, 0.2) is 0 Å². The van der Waals surface area contributed by atoms with Crippen molar-refractivity contribution in [1.29, 1.82) is 0 Å². The number of benzene rings is 2. The van der Waals surface area contributed by atoms with Crippen molar-refractivity contribution >= 4 is 27.3 Å². The van der Waals surface area contributed by atoms with Crippen LogP contribution in [0.25, 0.3) is 0 Å². The minimum absolute atomic E-state index is 0.0748. The molecule has 28 heavy (non-hydrogen) atoms. The van der Waals surface area contributed by atoms with E-state index in [4.69, 9.17) is 4.74 Å². The number of hydrogen-bond acceptors (Lipinski definition) is 6. The van der Waals surface area contributed by atoms with Crippen LogP contribution in [0.4, 0.5) is 11.4 Å². The molecule has 2 aromatic carbocycles. The molecule has 0 aromatic heterocycles. The lowest BCUT2D eigenvalue weighted by atomic mass is 10.1. The quantitative estimate of drug-likeness (QED) is 0.512. The number of anilines is 1. The Balaban J connectivity index is 2.41. The molecular formula is C18H21N3O6S. The second-order valence-corrected chi connectivity index (χ2v) is 7.54. The van der Waals surface area contributed by atoms with Gasteiger partial charge in [0, 0.05) is 24.2 Å². The number of nitrogens with one attached hydrogen (secondary N) is 2. The lowest BCUT2D eigenvalue weighted by molar-refractivity contribution is -0.384. The molecule has 150 valence electrons. The SMILES string of the molecule is CCNS(=O)(=O)c1cc(C(=O)Nc2cc([N+](=O)[O-])ccc2C)ccc1OCC. The van der Waals surface area contributed by atoms with Crippen LogP contribution in [0.3, 0.4) is 0 Å². The summed E-state index contributed by atoms with van der Waals surface area (Å²) in [7, 11) is -3.86. The number of non-ortho nitro benzene ring substituents is 1. The highest BCUT2D eigenvalue weighted by Crippen LogP contribution is 2.27. The monoisotopic (exact) mass is 407 g/mol. The van der Waals surface area contributed by atoms with Crippen molar-refractivity contribution in [3.05, 3.63) is 57.6 Å². The van der Waals surface area contributed by atoms with E-state index >= 15 is 0 Å². The molecule has 0 aliphatic heterocycles. The maximum Gasteiger partial charge on any atom is 0.271 e. The van der Waals surface area contributed by atoms with E-state index in [1.54, 1.807) is 20.8 Å². The summed E-state index contributed by atoms with van der Waals surface area (Å²) in [5.41, 5.74) is 0.809. The van der Waals surface area contributed by atoms with Crippen molar-refractivity contribution in [2.75, 3.05) is 18.5 Å². The molecule has 2 N–H and O–H groups in total. The van der Waals surface area contributed by atoms with Gasteiger partial charge in [-0.15, -0.1) is 0 Å². The molecule has 0 unspecified atom stereocenters. The average molecular weight is 407 g/mol. The van der Waals surface area contributed by atoms with E-state index in [1.807, 2.05) is 0 Å². The molecule has 0 saturated carbocycles. The van der Waals surface area contributed by atoms with Gasteiger partial charge in [0.25, 0.3) is 11.6 Å². The number of carbonyl (C=O) groups excluding carboxylic acids is 1. The van der Waals surface area contributed by atoms with Gasteiger partial charge in [-0.1, -0.05) is 13.0 Å². The fourth-order valence-corrected chi connectivity index (χ4v) is 3.66. The number of nitrogens with zero attached hydrogens (tertiary/aromatic N) is 1. The van der Waals surface area contributed by atoms with Crippen LogP contribution in [0, 0.1) is 17.0 Å². The number of ether oxygens (including phenoxy) is 1. The number of nitro groups is 1. The van der Waals surface area contributed by atoms with Gasteiger partial charge in [0.2, 0.25) is 10.0 Å². The molecule has 0 bridgehead atoms. The first-order valence-corrected chi connectivity index (χ1v) is 10.0. The topological polar surface area (TPSA) is 128 Å². The van der Waals surface area contributed by atoms with Crippen LogP contribution in [-0.4, -0.2) is 32.4 Å². The highest BCUT2D eigenvalue weighted by Gasteiger charge is 2.22. The Kier molecular flexibility index (Phi) is 6.71. The molecule has 0 heterocycles. The van der Waals surface area contributed by atoms with Crippen LogP contribution >= 0.6 is 0 Å². The predicted molar refractivity (Wildman–Crippen MR) is 104 cm³/mol. The van der Waals surface area contributed by atoms with E-state index in [1.165, 1.54) is 36.4 Å². The van der Waals surface area contributed by atoms with Gasteiger partial charge < -0.3 is 10.1 Å². The molecule has 1 amide bonds. The van der Waals surface area contributed by atoms with Gasteiger partial charge in [-0.2, -0.15) is 0 Å². The van der Waals surface area contributed by atoms with Crippen molar-refractivity contribution in [3.8, 4) is 5.75 Å². The smallest absolute Gasteiger partial charge is 0.271 e. The summed E-state index contributed by atoms with van der Waals surface area (Å²) in [6.07, 6.45) is 0. The Bertz CT molecular complexity index is 1000. The molecule has 9 nitrogen and oxygen atoms in total. The fraction of sp³-hybridized carbons (Fsp3) is 0.278. The van der Waals surface area contributed by atoms with Crippen molar-refractivity contribution in [2.45, 2.75) is 25.7 Å². The van der Waals surface area contributed by atoms with Gasteiger partial charge in [0.05, 0.1) is 17.2 Å². The van der Waals surface area contributed by atoms with Gasteiger partial charge in [-0.05, 0) is 37.6 Å². The Hall–Kier alpha value is -2.98. The fourth-order valence-electron chi connectivity index (χ4n) is 2.45. The van der Waals surface area contributed by atoms with Crippen molar-refractivity contribution in [1.82, 2.24) is 4.72 Å². The van der Waals surface area contributed by atoms with Crippen LogP contribution in [0.5, 0.6) is 5.75 Å². The highest BCUT2D eigenvalue weighted by molar-refractivity contribution is 7.89. The molecular weight excluding hydrogens is 386 g/mol. The van der Waals surface area contributed by atoms with Crippen LogP contribution in [0.2, 0.25) is 0 Å². The van der Waals surface area contributed by atoms with E-state index in [2.05, 4.69) is 10.0 Å². The molecule has 10 heteroatoms. The zero-order valence-electron chi connectivity index (χ0n) is 15.7. The average Bonchev–Trinajstić information content (AvgIpc) is 2.63. The summed E-state index contributed by atoms with van der Waals surface area (Å²) in [5, 5.41) is 13.5. The number of hydrogen-bond donors (Lipinski definition) is 2. The number of aryl methyl sites for hydroxylation is 1. The molecule has 0 aliphatic rings. The first-order chi connectivity index (χ1) is 13.2. The molecule has 0 aliphatic carbocycles. The number of amides is 1. The Morgan fingerprint density at radius 3 is 2.50 bits per heavy atom. The number of rotatable bonds is 8. The summed E-state index contributed by atoms with van der Waals surface area (Å²) < 4.78 is 32.6. The van der Waals surface area contributed by atoms with Gasteiger partial charge in [-0.3, -0.25) is 14.9 Å². The standard InChI is InChI=1S/C18H21N3O6S/c1-4-19-28(25,26)17-10-13(7-9-16(17)27-5-2)18(22)20-15-11-14(21(23)24)8-6-12(15)3/h6-11,19H,4-5H2,1-3H3,(H,20,22). The molecule has 0 spiro atoms. The summed E-state index contributed by atoms with van der Waals surface area (Å²) >= 11 is 0. The maximum atomic E-state index is 12.6. The van der Waals surface area contributed by atoms with Crippen molar-refractivity contribution in [3.63, 3.8) is 0 Å². The summed E-state index contributed by atoms with van der Waals surface area (Å²) in [4.78, 5) is 22.8. The first kappa shape index (κ1) is 21.3. The van der Waals surface area contributed by atoms with E-state index in [9.17, 15) is 23.3 Å². The van der Waals surface area contributed by atoms with Crippen LogP contribution in [0.15, 0.2) is 41.3 Å². The first-order valence-electron chi connectivity index (χ1n) is 8.52. The molecule has 0 atom stereocenters. The summed E-state index contributed by atoms with van der Waals surface area (Å²) in [6, 6.07) is 8.15. The summed E-state index contributed by atoms with van der Waals surface area (Å²) in [6.45, 7) is 5.48. The zero-order valence-corrected chi connectivity index (χ0v) is 16.5.